The Morgan fingerprint density at radius 2 is 1.79 bits per heavy atom. The molecule has 1 aliphatic carbocycles. The molecule has 4 aromatic rings. The smallest absolute Gasteiger partial charge is 0.274 e. The van der Waals surface area contributed by atoms with Gasteiger partial charge in [0.25, 0.3) is 11.5 Å². The largest absolute Gasteiger partial charge is 0.490 e. The Morgan fingerprint density at radius 1 is 1.04 bits per heavy atom. The van der Waals surface area contributed by atoms with Crippen LogP contribution in [0, 0.1) is 11.7 Å². The summed E-state index contributed by atoms with van der Waals surface area (Å²) >= 11 is 0. The number of anilines is 2. The number of piperidine rings is 3. The first-order valence-electron chi connectivity index (χ1n) is 19.8. The van der Waals surface area contributed by atoms with Gasteiger partial charge in [-0.1, -0.05) is 0 Å². The summed E-state index contributed by atoms with van der Waals surface area (Å²) in [6.07, 6.45) is 7.74. The number of halogens is 2. The van der Waals surface area contributed by atoms with Crippen molar-refractivity contribution in [2.45, 2.75) is 95.5 Å². The number of alkyl halides is 1. The standard InChI is InChI=1S/C41H46F2N8O6/c1-23(2)57-35-20-33-26(17-29(35)40(55)45-32-4-3-11-50(41(32)56)34-19-30(34)42)22-51(47-33)27-9-14-48(15-10-27)37(53)16-24-7-12-49(13-8-24)38-31(43)18-25(21-44-38)28-5-6-36(52)46-39(28)54/h3-4,11,17-18,20-24,27-28,30,34H,5-10,12-16,19H2,1-2H3,(H,45,55)(H,46,52,54)/t28?,30-,34+/m1/s1. The van der Waals surface area contributed by atoms with Gasteiger partial charge in [-0.2, -0.15) is 5.10 Å². The molecule has 300 valence electrons. The maximum absolute atomic E-state index is 15.2. The first-order valence-corrected chi connectivity index (χ1v) is 19.8. The average Bonchev–Trinajstić information content (AvgIpc) is 3.76. The van der Waals surface area contributed by atoms with E-state index >= 15 is 4.39 Å². The van der Waals surface area contributed by atoms with Gasteiger partial charge in [0.2, 0.25) is 17.7 Å². The number of imide groups is 1. The third-order valence-corrected chi connectivity index (χ3v) is 11.5. The Kier molecular flexibility index (Phi) is 10.5. The molecule has 16 heteroatoms. The number of carbonyl (C=O) groups is 4. The Bertz CT molecular complexity index is 2280. The number of nitrogens with zero attached hydrogens (tertiary/aromatic N) is 6. The second-order valence-corrected chi connectivity index (χ2v) is 15.9. The summed E-state index contributed by atoms with van der Waals surface area (Å²) in [5.74, 6) is -1.53. The van der Waals surface area contributed by atoms with Crippen molar-refractivity contribution in [1.29, 1.82) is 0 Å². The van der Waals surface area contributed by atoms with Gasteiger partial charge < -0.3 is 24.4 Å². The molecule has 3 aliphatic heterocycles. The highest BCUT2D eigenvalue weighted by Crippen LogP contribution is 2.38. The molecule has 4 aliphatic rings. The molecule has 8 rings (SSSR count). The minimum absolute atomic E-state index is 0.0461. The highest BCUT2D eigenvalue weighted by atomic mass is 19.1. The quantitative estimate of drug-likeness (QED) is 0.210. The lowest BCUT2D eigenvalue weighted by Gasteiger charge is -2.35. The van der Waals surface area contributed by atoms with Gasteiger partial charge in [-0.05, 0) is 81.7 Å². The predicted octanol–water partition coefficient (Wildman–Crippen LogP) is 5.04. The molecule has 1 saturated carbocycles. The minimum atomic E-state index is -1.07. The Labute approximate surface area is 327 Å². The maximum Gasteiger partial charge on any atom is 0.274 e. The number of fused-ring (bicyclic) bond motifs is 1. The molecule has 6 heterocycles. The maximum atomic E-state index is 15.2. The van der Waals surface area contributed by atoms with E-state index in [9.17, 15) is 28.4 Å². The molecule has 2 N–H and O–H groups in total. The van der Waals surface area contributed by atoms with E-state index in [0.717, 1.165) is 18.2 Å². The molecule has 0 bridgehead atoms. The van der Waals surface area contributed by atoms with E-state index in [-0.39, 0.29) is 59.8 Å². The Balaban J connectivity index is 0.858. The summed E-state index contributed by atoms with van der Waals surface area (Å²) in [5, 5.41) is 10.6. The van der Waals surface area contributed by atoms with Crippen LogP contribution in [-0.2, 0) is 14.4 Å². The van der Waals surface area contributed by atoms with Crippen LogP contribution >= 0.6 is 0 Å². The van der Waals surface area contributed by atoms with Gasteiger partial charge in [0, 0.05) is 75.5 Å². The van der Waals surface area contributed by atoms with Crippen LogP contribution in [0.4, 0.5) is 20.3 Å². The number of hydrogen-bond donors (Lipinski definition) is 2. The normalized spacial score (nSPS) is 21.9. The fraction of sp³-hybridized carbons (Fsp3) is 0.488. The number of pyridine rings is 2. The van der Waals surface area contributed by atoms with Crippen molar-refractivity contribution in [1.82, 2.24) is 29.5 Å². The fourth-order valence-corrected chi connectivity index (χ4v) is 8.27. The van der Waals surface area contributed by atoms with Crippen molar-refractivity contribution in [3.63, 3.8) is 0 Å². The summed E-state index contributed by atoms with van der Waals surface area (Å²) < 4.78 is 38.1. The summed E-state index contributed by atoms with van der Waals surface area (Å²) in [6.45, 7) is 6.01. The SMILES string of the molecule is CC(C)Oc1cc2nn(C3CCN(C(=O)CC4CCN(c5ncc(C6CCC(=O)NC6=O)cc5F)CC4)CC3)cc2cc1C(=O)Nc1cccn([C@H]2C[C@H]2F)c1=O. The third kappa shape index (κ3) is 8.12. The summed E-state index contributed by atoms with van der Waals surface area (Å²) in [7, 11) is 0. The van der Waals surface area contributed by atoms with Crippen LogP contribution in [0.1, 0.15) is 99.1 Å². The second-order valence-electron chi connectivity index (χ2n) is 15.9. The zero-order chi connectivity index (χ0) is 40.0. The lowest BCUT2D eigenvalue weighted by atomic mass is 9.91. The van der Waals surface area contributed by atoms with Gasteiger partial charge in [-0.25, -0.2) is 13.8 Å². The van der Waals surface area contributed by atoms with Crippen LogP contribution in [0.5, 0.6) is 5.75 Å². The van der Waals surface area contributed by atoms with Gasteiger partial charge in [-0.15, -0.1) is 0 Å². The number of likely N-dealkylation sites (tertiary alicyclic amines) is 1. The number of ether oxygens (including phenoxy) is 1. The molecule has 0 radical (unpaired) electrons. The van der Waals surface area contributed by atoms with E-state index in [0.29, 0.717) is 68.7 Å². The van der Waals surface area contributed by atoms with E-state index in [1.165, 1.54) is 29.1 Å². The van der Waals surface area contributed by atoms with E-state index < -0.39 is 41.3 Å². The molecule has 1 unspecified atom stereocenters. The lowest BCUT2D eigenvalue weighted by molar-refractivity contribution is -0.135. The molecule has 14 nitrogen and oxygen atoms in total. The molecular formula is C41H46F2N8O6. The number of amides is 4. The molecule has 3 saturated heterocycles. The first-order chi connectivity index (χ1) is 27.4. The highest BCUT2D eigenvalue weighted by molar-refractivity contribution is 6.08. The van der Waals surface area contributed by atoms with Gasteiger partial charge in [-0.3, -0.25) is 34.0 Å². The van der Waals surface area contributed by atoms with Gasteiger partial charge in [0.15, 0.2) is 11.6 Å². The Hall–Kier alpha value is -5.67. The topological polar surface area (TPSA) is 161 Å². The van der Waals surface area contributed by atoms with E-state index in [1.807, 2.05) is 34.5 Å². The summed E-state index contributed by atoms with van der Waals surface area (Å²) in [6, 6.07) is 7.42. The lowest BCUT2D eigenvalue weighted by Crippen LogP contribution is -2.41. The second kappa shape index (κ2) is 15.7. The molecule has 4 fully saturated rings. The summed E-state index contributed by atoms with van der Waals surface area (Å²) in [5.41, 5.74) is 0.946. The molecule has 57 heavy (non-hydrogen) atoms. The summed E-state index contributed by atoms with van der Waals surface area (Å²) in [4.78, 5) is 71.9. The third-order valence-electron chi connectivity index (χ3n) is 11.5. The van der Waals surface area contributed by atoms with Crippen molar-refractivity contribution in [3.8, 4) is 5.75 Å². The molecule has 1 aromatic carbocycles. The molecule has 3 atom stereocenters. The van der Waals surface area contributed by atoms with E-state index in [4.69, 9.17) is 9.84 Å². The van der Waals surface area contributed by atoms with Crippen molar-refractivity contribution in [3.05, 3.63) is 76.2 Å². The monoisotopic (exact) mass is 784 g/mol. The first kappa shape index (κ1) is 38.2. The van der Waals surface area contributed by atoms with Crippen LogP contribution in [0.3, 0.4) is 0 Å². The molecule has 3 aromatic heterocycles. The molecule has 0 spiro atoms. The number of hydrogen-bond acceptors (Lipinski definition) is 9. The molecular weight excluding hydrogens is 738 g/mol. The van der Waals surface area contributed by atoms with Crippen LogP contribution in [0.25, 0.3) is 10.9 Å². The van der Waals surface area contributed by atoms with Crippen LogP contribution in [0.2, 0.25) is 0 Å². The van der Waals surface area contributed by atoms with Gasteiger partial charge >= 0.3 is 0 Å². The minimum Gasteiger partial charge on any atom is -0.490 e. The van der Waals surface area contributed by atoms with E-state index in [1.54, 1.807) is 18.2 Å². The van der Waals surface area contributed by atoms with Gasteiger partial charge in [0.1, 0.15) is 17.6 Å². The number of nitrogens with one attached hydrogen (secondary N) is 2. The number of rotatable bonds is 10. The fourth-order valence-electron chi connectivity index (χ4n) is 8.27. The average molecular weight is 785 g/mol. The van der Waals surface area contributed by atoms with Crippen LogP contribution in [0.15, 0.2) is 53.7 Å². The van der Waals surface area contributed by atoms with Crippen LogP contribution < -0.4 is 25.8 Å². The van der Waals surface area contributed by atoms with Crippen LogP contribution in [-0.4, -0.2) is 86.3 Å². The number of benzene rings is 1. The van der Waals surface area contributed by atoms with Gasteiger partial charge in [0.05, 0.1) is 35.2 Å². The van der Waals surface area contributed by atoms with Crippen molar-refractivity contribution < 1.29 is 32.7 Å². The van der Waals surface area contributed by atoms with Crippen molar-refractivity contribution in [2.24, 2.45) is 5.92 Å². The Morgan fingerprint density at radius 3 is 2.47 bits per heavy atom. The highest BCUT2D eigenvalue weighted by Gasteiger charge is 2.40. The van der Waals surface area contributed by atoms with Crippen molar-refractivity contribution >= 4 is 46.0 Å². The zero-order valence-corrected chi connectivity index (χ0v) is 32.0. The number of carbonyl (C=O) groups excluding carboxylic acids is 4. The zero-order valence-electron chi connectivity index (χ0n) is 32.0. The predicted molar refractivity (Wildman–Crippen MR) is 206 cm³/mol. The molecule has 4 amide bonds. The number of aromatic nitrogens is 4. The van der Waals surface area contributed by atoms with Crippen molar-refractivity contribution in [2.75, 3.05) is 36.4 Å². The van der Waals surface area contributed by atoms with E-state index in [2.05, 4.69) is 15.6 Å².